The summed E-state index contributed by atoms with van der Waals surface area (Å²) in [4.78, 5) is 12.3. The van der Waals surface area contributed by atoms with E-state index < -0.39 is 0 Å². The van der Waals surface area contributed by atoms with E-state index in [2.05, 4.69) is 27.9 Å². The number of hydrogen-bond acceptors (Lipinski definition) is 2. The molecule has 1 N–H and O–H groups in total. The van der Waals surface area contributed by atoms with Crippen LogP contribution in [0.5, 0.6) is 0 Å². The second kappa shape index (κ2) is 5.31. The molecule has 0 aromatic heterocycles. The third kappa shape index (κ3) is 2.66. The fourth-order valence-corrected chi connectivity index (χ4v) is 2.16. The molecule has 0 amide bonds. The number of nitrogens with one attached hydrogen (secondary N) is 1. The fraction of sp³-hybridized carbons (Fsp3) is 0.0714. The van der Waals surface area contributed by atoms with Crippen LogP contribution in [0.25, 0.3) is 0 Å². The molecule has 3 heteroatoms. The van der Waals surface area contributed by atoms with Crippen molar-refractivity contribution in [3.05, 3.63) is 63.2 Å². The van der Waals surface area contributed by atoms with Crippen molar-refractivity contribution in [1.29, 1.82) is 0 Å². The van der Waals surface area contributed by atoms with Gasteiger partial charge in [-0.05, 0) is 40.8 Å². The number of ketones is 1. The molecule has 0 spiro atoms. The second-order valence-electron chi connectivity index (χ2n) is 3.64. The summed E-state index contributed by atoms with van der Waals surface area (Å²) in [5.41, 5.74) is 2.29. The second-order valence-corrected chi connectivity index (χ2v) is 4.88. The van der Waals surface area contributed by atoms with Gasteiger partial charge in [-0.2, -0.15) is 0 Å². The van der Waals surface area contributed by atoms with Crippen molar-refractivity contribution in [3.63, 3.8) is 0 Å². The molecule has 0 aliphatic rings. The van der Waals surface area contributed by atoms with Crippen LogP contribution in [0.4, 0.5) is 5.69 Å². The van der Waals surface area contributed by atoms with Gasteiger partial charge in [-0.15, -0.1) is 0 Å². The third-order valence-corrected chi connectivity index (χ3v) is 3.20. The maximum atomic E-state index is 12.3. The molecular formula is C14H12INO. The molecule has 0 bridgehead atoms. The van der Waals surface area contributed by atoms with Crippen molar-refractivity contribution in [3.8, 4) is 0 Å². The quantitative estimate of drug-likeness (QED) is 0.685. The molecule has 2 aromatic rings. The minimum absolute atomic E-state index is 0.0495. The van der Waals surface area contributed by atoms with Gasteiger partial charge >= 0.3 is 0 Å². The zero-order valence-electron chi connectivity index (χ0n) is 9.41. The number of carbonyl (C=O) groups excluding carboxylic acids is 1. The van der Waals surface area contributed by atoms with E-state index in [-0.39, 0.29) is 5.78 Å². The average Bonchev–Trinajstić information content (AvgIpc) is 2.39. The minimum atomic E-state index is 0.0495. The van der Waals surface area contributed by atoms with Crippen molar-refractivity contribution in [1.82, 2.24) is 0 Å². The monoisotopic (exact) mass is 337 g/mol. The van der Waals surface area contributed by atoms with Crippen LogP contribution in [-0.2, 0) is 0 Å². The molecule has 2 rings (SSSR count). The lowest BCUT2D eigenvalue weighted by molar-refractivity contribution is 0.103. The largest absolute Gasteiger partial charge is 0.388 e. The lowest BCUT2D eigenvalue weighted by atomic mass is 10.0. The number of carbonyl (C=O) groups is 1. The zero-order chi connectivity index (χ0) is 12.3. The summed E-state index contributed by atoms with van der Waals surface area (Å²) in [6, 6.07) is 15.1. The molecule has 0 unspecified atom stereocenters. The van der Waals surface area contributed by atoms with E-state index in [1.54, 1.807) is 0 Å². The van der Waals surface area contributed by atoms with Crippen LogP contribution in [0.15, 0.2) is 48.5 Å². The molecule has 0 radical (unpaired) electrons. The predicted molar refractivity (Wildman–Crippen MR) is 78.6 cm³/mol. The van der Waals surface area contributed by atoms with Crippen LogP contribution in [0.2, 0.25) is 0 Å². The Morgan fingerprint density at radius 3 is 2.47 bits per heavy atom. The van der Waals surface area contributed by atoms with Gasteiger partial charge in [0, 0.05) is 27.4 Å². The number of halogens is 1. The summed E-state index contributed by atoms with van der Waals surface area (Å²) < 4.78 is 1.06. The molecule has 0 saturated heterocycles. The highest BCUT2D eigenvalue weighted by atomic mass is 127. The van der Waals surface area contributed by atoms with Gasteiger partial charge in [-0.1, -0.05) is 30.3 Å². The van der Waals surface area contributed by atoms with Gasteiger partial charge in [0.15, 0.2) is 5.78 Å². The summed E-state index contributed by atoms with van der Waals surface area (Å²) in [6.45, 7) is 0. The van der Waals surface area contributed by atoms with E-state index in [0.29, 0.717) is 11.1 Å². The summed E-state index contributed by atoms with van der Waals surface area (Å²) >= 11 is 2.21. The van der Waals surface area contributed by atoms with E-state index in [0.717, 1.165) is 9.26 Å². The first-order chi connectivity index (χ1) is 8.22. The topological polar surface area (TPSA) is 29.1 Å². The van der Waals surface area contributed by atoms with E-state index in [1.807, 2.05) is 55.6 Å². The Bertz CT molecular complexity index is 537. The first kappa shape index (κ1) is 12.1. The highest BCUT2D eigenvalue weighted by Crippen LogP contribution is 2.21. The van der Waals surface area contributed by atoms with Gasteiger partial charge in [0.05, 0.1) is 0 Å². The van der Waals surface area contributed by atoms with Gasteiger partial charge in [0.1, 0.15) is 0 Å². The Kier molecular flexibility index (Phi) is 3.78. The maximum Gasteiger partial charge on any atom is 0.195 e. The van der Waals surface area contributed by atoms with Crippen molar-refractivity contribution in [2.75, 3.05) is 12.4 Å². The Morgan fingerprint density at radius 2 is 1.82 bits per heavy atom. The highest BCUT2D eigenvalue weighted by Gasteiger charge is 2.12. The van der Waals surface area contributed by atoms with Crippen molar-refractivity contribution >= 4 is 34.1 Å². The summed E-state index contributed by atoms with van der Waals surface area (Å²) in [5, 5.41) is 3.05. The molecule has 0 saturated carbocycles. The van der Waals surface area contributed by atoms with Gasteiger partial charge in [0.2, 0.25) is 0 Å². The maximum absolute atomic E-state index is 12.3. The van der Waals surface area contributed by atoms with Crippen molar-refractivity contribution in [2.45, 2.75) is 0 Å². The number of anilines is 1. The van der Waals surface area contributed by atoms with Gasteiger partial charge < -0.3 is 5.32 Å². The number of rotatable bonds is 3. The van der Waals surface area contributed by atoms with Crippen LogP contribution in [-0.4, -0.2) is 12.8 Å². The summed E-state index contributed by atoms with van der Waals surface area (Å²) in [6.07, 6.45) is 0. The van der Waals surface area contributed by atoms with Crippen LogP contribution < -0.4 is 5.32 Å². The first-order valence-electron chi connectivity index (χ1n) is 5.29. The van der Waals surface area contributed by atoms with Crippen LogP contribution >= 0.6 is 22.6 Å². The van der Waals surface area contributed by atoms with Gasteiger partial charge in [0.25, 0.3) is 0 Å². The standard InChI is InChI=1S/C14H12INO/c1-16-13-8-7-11(15)9-12(13)14(17)10-5-3-2-4-6-10/h2-9,16H,1H3. The van der Waals surface area contributed by atoms with E-state index in [1.165, 1.54) is 0 Å². The normalized spacial score (nSPS) is 10.0. The van der Waals surface area contributed by atoms with E-state index >= 15 is 0 Å². The SMILES string of the molecule is CNc1ccc(I)cc1C(=O)c1ccccc1. The Morgan fingerprint density at radius 1 is 1.12 bits per heavy atom. The molecule has 0 aliphatic carbocycles. The lowest BCUT2D eigenvalue weighted by Gasteiger charge is -2.08. The van der Waals surface area contributed by atoms with E-state index in [9.17, 15) is 4.79 Å². The smallest absolute Gasteiger partial charge is 0.195 e. The third-order valence-electron chi connectivity index (χ3n) is 2.53. The molecule has 17 heavy (non-hydrogen) atoms. The van der Waals surface area contributed by atoms with Crippen molar-refractivity contribution in [2.24, 2.45) is 0 Å². The van der Waals surface area contributed by atoms with E-state index in [4.69, 9.17) is 0 Å². The molecule has 0 aliphatic heterocycles. The fourth-order valence-electron chi connectivity index (χ4n) is 1.67. The van der Waals surface area contributed by atoms with Crippen LogP contribution in [0, 0.1) is 3.57 Å². The van der Waals surface area contributed by atoms with Gasteiger partial charge in [-0.3, -0.25) is 4.79 Å². The summed E-state index contributed by atoms with van der Waals surface area (Å²) in [5.74, 6) is 0.0495. The molecule has 0 fully saturated rings. The average molecular weight is 337 g/mol. The minimum Gasteiger partial charge on any atom is -0.388 e. The zero-order valence-corrected chi connectivity index (χ0v) is 11.6. The van der Waals surface area contributed by atoms with Gasteiger partial charge in [-0.25, -0.2) is 0 Å². The number of hydrogen-bond donors (Lipinski definition) is 1. The summed E-state index contributed by atoms with van der Waals surface area (Å²) in [7, 11) is 1.82. The Hall–Kier alpha value is -1.36. The predicted octanol–water partition coefficient (Wildman–Crippen LogP) is 3.56. The first-order valence-corrected chi connectivity index (χ1v) is 6.37. The van der Waals surface area contributed by atoms with Crippen LogP contribution in [0.3, 0.4) is 0 Å². The molecule has 0 heterocycles. The Balaban J connectivity index is 2.47. The molecule has 86 valence electrons. The van der Waals surface area contributed by atoms with Crippen molar-refractivity contribution < 1.29 is 4.79 Å². The Labute approximate surface area is 114 Å². The van der Waals surface area contributed by atoms with Crippen LogP contribution in [0.1, 0.15) is 15.9 Å². The highest BCUT2D eigenvalue weighted by molar-refractivity contribution is 14.1. The molecule has 0 atom stereocenters. The molecule has 2 nitrogen and oxygen atoms in total. The molecular weight excluding hydrogens is 325 g/mol. The molecule has 2 aromatic carbocycles. The number of benzene rings is 2. The lowest BCUT2D eigenvalue weighted by Crippen LogP contribution is -2.05.